The van der Waals surface area contributed by atoms with Gasteiger partial charge in [0.15, 0.2) is 5.96 Å². The Morgan fingerprint density at radius 3 is 2.62 bits per heavy atom. The van der Waals surface area contributed by atoms with Gasteiger partial charge in [0.25, 0.3) is 0 Å². The van der Waals surface area contributed by atoms with E-state index in [1.54, 1.807) is 0 Å². The highest BCUT2D eigenvalue weighted by Gasteiger charge is 2.27. The number of likely N-dealkylation sites (tertiary alicyclic amines) is 1. The van der Waals surface area contributed by atoms with E-state index in [9.17, 15) is 0 Å². The first-order chi connectivity index (χ1) is 12.8. The molecule has 150 valence electrons. The molecule has 7 heteroatoms. The topological polar surface area (TPSA) is 58.6 Å². The quantitative estimate of drug-likeness (QED) is 0.408. The first-order valence-electron chi connectivity index (χ1n) is 10.3. The predicted molar refractivity (Wildman–Crippen MR) is 103 cm³/mol. The average molecular weight is 369 g/mol. The number of hydrogen-bond acceptors (Lipinski definition) is 5. The zero-order chi connectivity index (χ0) is 18.0. The van der Waals surface area contributed by atoms with Crippen molar-refractivity contribution >= 4 is 5.96 Å². The van der Waals surface area contributed by atoms with Crippen LogP contribution in [-0.4, -0.2) is 101 Å². The SMILES string of the molecule is CN=C(NCCCOC1CCOCC1)N1CCC(CN2CCOCC2)C1. The Kier molecular flexibility index (Phi) is 8.45. The molecule has 0 aromatic heterocycles. The second kappa shape index (κ2) is 11.1. The molecule has 3 fully saturated rings. The highest BCUT2D eigenvalue weighted by Crippen LogP contribution is 2.18. The molecule has 3 saturated heterocycles. The second-order valence-corrected chi connectivity index (χ2v) is 7.52. The van der Waals surface area contributed by atoms with Crippen LogP contribution in [0.4, 0.5) is 0 Å². The summed E-state index contributed by atoms with van der Waals surface area (Å²) in [6.45, 7) is 10.7. The number of nitrogens with one attached hydrogen (secondary N) is 1. The van der Waals surface area contributed by atoms with Gasteiger partial charge in [0.2, 0.25) is 0 Å². The number of morpholine rings is 1. The van der Waals surface area contributed by atoms with Crippen molar-refractivity contribution in [3.05, 3.63) is 0 Å². The fraction of sp³-hybridized carbons (Fsp3) is 0.947. The molecule has 0 aliphatic carbocycles. The second-order valence-electron chi connectivity index (χ2n) is 7.52. The van der Waals surface area contributed by atoms with Crippen molar-refractivity contribution in [2.45, 2.75) is 31.8 Å². The molecule has 1 atom stereocenters. The summed E-state index contributed by atoms with van der Waals surface area (Å²) in [5.41, 5.74) is 0. The summed E-state index contributed by atoms with van der Waals surface area (Å²) in [6, 6.07) is 0. The van der Waals surface area contributed by atoms with E-state index in [0.29, 0.717) is 6.10 Å². The predicted octanol–water partition coefficient (Wildman–Crippen LogP) is 0.802. The van der Waals surface area contributed by atoms with Gasteiger partial charge in [0.05, 0.1) is 19.3 Å². The van der Waals surface area contributed by atoms with Crippen molar-refractivity contribution in [1.29, 1.82) is 0 Å². The van der Waals surface area contributed by atoms with E-state index in [4.69, 9.17) is 14.2 Å². The molecule has 1 N–H and O–H groups in total. The van der Waals surface area contributed by atoms with Crippen LogP contribution in [0.15, 0.2) is 4.99 Å². The van der Waals surface area contributed by atoms with E-state index in [-0.39, 0.29) is 0 Å². The van der Waals surface area contributed by atoms with Crippen molar-refractivity contribution in [1.82, 2.24) is 15.1 Å². The van der Waals surface area contributed by atoms with Crippen molar-refractivity contribution in [3.63, 3.8) is 0 Å². The maximum atomic E-state index is 5.94. The van der Waals surface area contributed by atoms with E-state index < -0.39 is 0 Å². The van der Waals surface area contributed by atoms with Crippen LogP contribution in [0.1, 0.15) is 25.7 Å². The highest BCUT2D eigenvalue weighted by atomic mass is 16.5. The van der Waals surface area contributed by atoms with Gasteiger partial charge >= 0.3 is 0 Å². The fourth-order valence-electron chi connectivity index (χ4n) is 4.02. The van der Waals surface area contributed by atoms with Crippen molar-refractivity contribution < 1.29 is 14.2 Å². The molecule has 7 nitrogen and oxygen atoms in total. The molecule has 0 saturated carbocycles. The molecule has 0 radical (unpaired) electrons. The first kappa shape index (κ1) is 19.9. The molecule has 0 aromatic rings. The highest BCUT2D eigenvalue weighted by molar-refractivity contribution is 5.80. The first-order valence-corrected chi connectivity index (χ1v) is 10.3. The number of rotatable bonds is 7. The van der Waals surface area contributed by atoms with Gasteiger partial charge in [-0.1, -0.05) is 0 Å². The molecule has 1 unspecified atom stereocenters. The lowest BCUT2D eigenvalue weighted by Crippen LogP contribution is -2.42. The summed E-state index contributed by atoms with van der Waals surface area (Å²) >= 11 is 0. The molecule has 3 rings (SSSR count). The van der Waals surface area contributed by atoms with Gasteiger partial charge in [-0.05, 0) is 31.6 Å². The van der Waals surface area contributed by atoms with Crippen LogP contribution in [0.5, 0.6) is 0 Å². The molecule has 3 heterocycles. The Bertz CT molecular complexity index is 423. The van der Waals surface area contributed by atoms with E-state index in [0.717, 1.165) is 96.9 Å². The van der Waals surface area contributed by atoms with E-state index in [1.165, 1.54) is 13.0 Å². The number of hydrogen-bond donors (Lipinski definition) is 1. The minimum atomic E-state index is 0.391. The van der Waals surface area contributed by atoms with Crippen molar-refractivity contribution in [2.24, 2.45) is 10.9 Å². The van der Waals surface area contributed by atoms with Crippen LogP contribution in [0.2, 0.25) is 0 Å². The largest absolute Gasteiger partial charge is 0.381 e. The smallest absolute Gasteiger partial charge is 0.193 e. The average Bonchev–Trinajstić information content (AvgIpc) is 3.14. The van der Waals surface area contributed by atoms with E-state index >= 15 is 0 Å². The fourth-order valence-corrected chi connectivity index (χ4v) is 4.02. The zero-order valence-corrected chi connectivity index (χ0v) is 16.3. The summed E-state index contributed by atoms with van der Waals surface area (Å²) in [5, 5.41) is 3.51. The lowest BCUT2D eigenvalue weighted by Gasteiger charge is -2.29. The molecule has 3 aliphatic heterocycles. The zero-order valence-electron chi connectivity index (χ0n) is 16.3. The van der Waals surface area contributed by atoms with Gasteiger partial charge in [-0.2, -0.15) is 0 Å². The number of aliphatic imine (C=N–C) groups is 1. The number of nitrogens with zero attached hydrogens (tertiary/aromatic N) is 3. The van der Waals surface area contributed by atoms with Gasteiger partial charge in [-0.15, -0.1) is 0 Å². The summed E-state index contributed by atoms with van der Waals surface area (Å²) in [6.07, 6.45) is 4.73. The number of guanidine groups is 1. The van der Waals surface area contributed by atoms with Gasteiger partial charge in [0.1, 0.15) is 0 Å². The van der Waals surface area contributed by atoms with Crippen LogP contribution < -0.4 is 5.32 Å². The Morgan fingerprint density at radius 1 is 1.08 bits per heavy atom. The summed E-state index contributed by atoms with van der Waals surface area (Å²) < 4.78 is 16.7. The maximum Gasteiger partial charge on any atom is 0.193 e. The minimum absolute atomic E-state index is 0.391. The lowest BCUT2D eigenvalue weighted by molar-refractivity contribution is -0.0320. The van der Waals surface area contributed by atoms with Crippen molar-refractivity contribution in [3.8, 4) is 0 Å². The Hall–Kier alpha value is -0.890. The molecule has 3 aliphatic rings. The third-order valence-electron chi connectivity index (χ3n) is 5.54. The molecular weight excluding hydrogens is 332 g/mol. The summed E-state index contributed by atoms with van der Waals surface area (Å²) in [4.78, 5) is 9.43. The molecule has 26 heavy (non-hydrogen) atoms. The Labute approximate surface area is 158 Å². The Morgan fingerprint density at radius 2 is 1.85 bits per heavy atom. The van der Waals surface area contributed by atoms with Crippen LogP contribution in [0, 0.1) is 5.92 Å². The third kappa shape index (κ3) is 6.37. The summed E-state index contributed by atoms with van der Waals surface area (Å²) in [5.74, 6) is 1.78. The van der Waals surface area contributed by atoms with Crippen molar-refractivity contribution in [2.75, 3.05) is 79.4 Å². The van der Waals surface area contributed by atoms with Crippen LogP contribution in [-0.2, 0) is 14.2 Å². The third-order valence-corrected chi connectivity index (χ3v) is 5.54. The maximum absolute atomic E-state index is 5.94. The Balaban J connectivity index is 1.28. The minimum Gasteiger partial charge on any atom is -0.381 e. The van der Waals surface area contributed by atoms with Gasteiger partial charge < -0.3 is 24.4 Å². The van der Waals surface area contributed by atoms with Crippen LogP contribution >= 0.6 is 0 Å². The van der Waals surface area contributed by atoms with Crippen LogP contribution in [0.3, 0.4) is 0 Å². The van der Waals surface area contributed by atoms with E-state index in [1.807, 2.05) is 7.05 Å². The van der Waals surface area contributed by atoms with Gasteiger partial charge in [-0.25, -0.2) is 0 Å². The molecule has 0 bridgehead atoms. The lowest BCUT2D eigenvalue weighted by atomic mass is 10.1. The van der Waals surface area contributed by atoms with Gasteiger partial charge in [0, 0.05) is 66.1 Å². The standard InChI is InChI=1S/C19H36N4O3/c1-20-19(21-6-2-10-26-18-4-11-24-12-5-18)23-7-3-17(16-23)15-22-8-13-25-14-9-22/h17-18H,2-16H2,1H3,(H,20,21). The van der Waals surface area contributed by atoms with E-state index in [2.05, 4.69) is 20.1 Å². The number of ether oxygens (including phenoxy) is 3. The normalized spacial score (nSPS) is 26.4. The van der Waals surface area contributed by atoms with Crippen LogP contribution in [0.25, 0.3) is 0 Å². The molecule has 0 amide bonds. The summed E-state index contributed by atoms with van der Waals surface area (Å²) in [7, 11) is 1.89. The van der Waals surface area contributed by atoms with Gasteiger partial charge in [-0.3, -0.25) is 9.89 Å². The molecular formula is C19H36N4O3. The monoisotopic (exact) mass is 368 g/mol. The molecule has 0 aromatic carbocycles. The molecule has 0 spiro atoms.